The van der Waals surface area contributed by atoms with Crippen LogP contribution in [0.15, 0.2) is 30.3 Å². The van der Waals surface area contributed by atoms with Crippen molar-refractivity contribution < 1.29 is 9.53 Å². The zero-order valence-corrected chi connectivity index (χ0v) is 10.7. The van der Waals surface area contributed by atoms with Crippen LogP contribution in [-0.2, 0) is 16.1 Å². The van der Waals surface area contributed by atoms with Crippen molar-refractivity contribution in [3.8, 4) is 0 Å². The summed E-state index contributed by atoms with van der Waals surface area (Å²) in [6.07, 6.45) is 0. The van der Waals surface area contributed by atoms with Crippen LogP contribution in [0, 0.1) is 5.92 Å². The van der Waals surface area contributed by atoms with Gasteiger partial charge in [0.05, 0.1) is 12.5 Å². The fourth-order valence-corrected chi connectivity index (χ4v) is 2.23. The largest absolute Gasteiger partial charge is 0.466 e. The smallest absolute Gasteiger partial charge is 0.311 e. The lowest BCUT2D eigenvalue weighted by Gasteiger charge is -2.18. The highest BCUT2D eigenvalue weighted by atomic mass is 16.5. The lowest BCUT2D eigenvalue weighted by molar-refractivity contribution is -0.147. The molecule has 1 aliphatic heterocycles. The molecule has 1 aliphatic rings. The average Bonchev–Trinajstić information content (AvgIpc) is 2.86. The van der Waals surface area contributed by atoms with E-state index in [2.05, 4.69) is 22.8 Å². The van der Waals surface area contributed by atoms with E-state index in [9.17, 15) is 4.79 Å². The van der Waals surface area contributed by atoms with Gasteiger partial charge in [0.25, 0.3) is 0 Å². The Hall–Kier alpha value is -1.39. The minimum atomic E-state index is -0.104. The van der Waals surface area contributed by atoms with Crippen LogP contribution in [0.3, 0.4) is 0 Å². The Kier molecular flexibility index (Phi) is 4.73. The summed E-state index contributed by atoms with van der Waals surface area (Å²) in [7, 11) is 0. The monoisotopic (exact) mass is 248 g/mol. The summed E-state index contributed by atoms with van der Waals surface area (Å²) in [5.41, 5.74) is 1.23. The summed E-state index contributed by atoms with van der Waals surface area (Å²) in [5, 5.41) is 6.66. The van der Waals surface area contributed by atoms with Crippen LogP contribution < -0.4 is 10.6 Å². The van der Waals surface area contributed by atoms with Gasteiger partial charge in [0.1, 0.15) is 0 Å². The van der Waals surface area contributed by atoms with Gasteiger partial charge in [-0.15, -0.1) is 0 Å². The second kappa shape index (κ2) is 6.52. The van der Waals surface area contributed by atoms with Crippen molar-refractivity contribution in [3.63, 3.8) is 0 Å². The predicted molar refractivity (Wildman–Crippen MR) is 70.1 cm³/mol. The lowest BCUT2D eigenvalue weighted by Crippen LogP contribution is -2.39. The molecule has 2 N–H and O–H groups in total. The highest BCUT2D eigenvalue weighted by Crippen LogP contribution is 2.12. The van der Waals surface area contributed by atoms with Gasteiger partial charge in [-0.1, -0.05) is 30.3 Å². The second-order valence-electron chi connectivity index (χ2n) is 4.49. The van der Waals surface area contributed by atoms with E-state index in [0.717, 1.165) is 13.1 Å². The highest BCUT2D eigenvalue weighted by Gasteiger charge is 2.33. The Morgan fingerprint density at radius 3 is 2.89 bits per heavy atom. The van der Waals surface area contributed by atoms with Crippen molar-refractivity contribution in [2.75, 3.05) is 19.7 Å². The number of hydrogen-bond acceptors (Lipinski definition) is 4. The van der Waals surface area contributed by atoms with Gasteiger partial charge < -0.3 is 15.4 Å². The lowest BCUT2D eigenvalue weighted by atomic mass is 10.0. The molecule has 0 amide bonds. The maximum atomic E-state index is 11.8. The van der Waals surface area contributed by atoms with Crippen LogP contribution in [0.4, 0.5) is 0 Å². The number of nitrogens with one attached hydrogen (secondary N) is 2. The predicted octanol–water partition coefficient (Wildman–Crippen LogP) is 0.927. The summed E-state index contributed by atoms with van der Waals surface area (Å²) in [4.78, 5) is 11.8. The highest BCUT2D eigenvalue weighted by molar-refractivity contribution is 5.74. The first kappa shape index (κ1) is 13.1. The summed E-state index contributed by atoms with van der Waals surface area (Å²) in [5.74, 6) is -0.179. The minimum Gasteiger partial charge on any atom is -0.466 e. The van der Waals surface area contributed by atoms with E-state index in [1.165, 1.54) is 5.56 Å². The average molecular weight is 248 g/mol. The number of carbonyl (C=O) groups excluding carboxylic acids is 1. The summed E-state index contributed by atoms with van der Waals surface area (Å²) in [6, 6.07) is 10.4. The molecule has 18 heavy (non-hydrogen) atoms. The first-order valence-electron chi connectivity index (χ1n) is 6.46. The third kappa shape index (κ3) is 3.31. The Balaban J connectivity index is 1.86. The molecule has 1 heterocycles. The first-order valence-corrected chi connectivity index (χ1v) is 6.46. The molecule has 4 nitrogen and oxygen atoms in total. The van der Waals surface area contributed by atoms with Gasteiger partial charge in [-0.3, -0.25) is 4.79 Å². The van der Waals surface area contributed by atoms with Gasteiger partial charge >= 0.3 is 5.97 Å². The molecule has 0 aliphatic carbocycles. The zero-order valence-electron chi connectivity index (χ0n) is 10.7. The molecule has 1 unspecified atom stereocenters. The summed E-state index contributed by atoms with van der Waals surface area (Å²) < 4.78 is 5.09. The Bertz CT molecular complexity index is 381. The maximum Gasteiger partial charge on any atom is 0.311 e. The third-order valence-corrected chi connectivity index (χ3v) is 3.21. The van der Waals surface area contributed by atoms with Crippen LogP contribution >= 0.6 is 0 Å². The maximum absolute atomic E-state index is 11.8. The molecule has 1 fully saturated rings. The number of benzene rings is 1. The second-order valence-corrected chi connectivity index (χ2v) is 4.49. The van der Waals surface area contributed by atoms with E-state index in [4.69, 9.17) is 4.74 Å². The van der Waals surface area contributed by atoms with Crippen LogP contribution in [0.25, 0.3) is 0 Å². The van der Waals surface area contributed by atoms with Crippen molar-refractivity contribution >= 4 is 5.97 Å². The van der Waals surface area contributed by atoms with Gasteiger partial charge in [-0.05, 0) is 12.5 Å². The fraction of sp³-hybridized carbons (Fsp3) is 0.500. The van der Waals surface area contributed by atoms with Crippen molar-refractivity contribution in [1.82, 2.24) is 10.6 Å². The molecule has 4 heteroatoms. The number of rotatable bonds is 5. The van der Waals surface area contributed by atoms with Crippen LogP contribution in [0.2, 0.25) is 0 Å². The standard InChI is InChI=1S/C14H20N2O2/c1-2-18-14(17)12-9-15-10-13(12)16-8-11-6-4-3-5-7-11/h3-7,12-13,15-16H,2,8-10H2,1H3/t12?,13-/m1/s1. The number of carbonyl (C=O) groups is 1. The Morgan fingerprint density at radius 2 is 2.17 bits per heavy atom. The fourth-order valence-electron chi connectivity index (χ4n) is 2.23. The molecule has 1 saturated heterocycles. The Morgan fingerprint density at radius 1 is 1.39 bits per heavy atom. The molecule has 0 saturated carbocycles. The molecule has 0 bridgehead atoms. The molecular formula is C14H20N2O2. The van der Waals surface area contributed by atoms with Crippen LogP contribution in [0.1, 0.15) is 12.5 Å². The molecule has 0 radical (unpaired) electrons. The topological polar surface area (TPSA) is 50.4 Å². The van der Waals surface area contributed by atoms with E-state index < -0.39 is 0 Å². The molecule has 2 rings (SSSR count). The molecule has 0 aromatic heterocycles. The van der Waals surface area contributed by atoms with Crippen molar-refractivity contribution in [1.29, 1.82) is 0 Å². The van der Waals surface area contributed by atoms with E-state index in [1.807, 2.05) is 25.1 Å². The van der Waals surface area contributed by atoms with Gasteiger partial charge in [0.2, 0.25) is 0 Å². The third-order valence-electron chi connectivity index (χ3n) is 3.21. The molecule has 1 aromatic carbocycles. The first-order chi connectivity index (χ1) is 8.81. The van der Waals surface area contributed by atoms with Gasteiger partial charge in [0.15, 0.2) is 0 Å². The van der Waals surface area contributed by atoms with Crippen LogP contribution in [-0.4, -0.2) is 31.7 Å². The van der Waals surface area contributed by atoms with Crippen molar-refractivity contribution in [3.05, 3.63) is 35.9 Å². The van der Waals surface area contributed by atoms with Crippen LogP contribution in [0.5, 0.6) is 0 Å². The SMILES string of the molecule is CCOC(=O)C1CNC[C@H]1NCc1ccccc1. The van der Waals surface area contributed by atoms with Gasteiger partial charge in [-0.2, -0.15) is 0 Å². The molecule has 0 spiro atoms. The van der Waals surface area contributed by atoms with E-state index in [0.29, 0.717) is 13.2 Å². The van der Waals surface area contributed by atoms with E-state index in [1.54, 1.807) is 0 Å². The molecule has 2 atom stereocenters. The van der Waals surface area contributed by atoms with Gasteiger partial charge in [-0.25, -0.2) is 0 Å². The van der Waals surface area contributed by atoms with E-state index >= 15 is 0 Å². The zero-order chi connectivity index (χ0) is 12.8. The normalized spacial score (nSPS) is 22.9. The summed E-state index contributed by atoms with van der Waals surface area (Å²) >= 11 is 0. The van der Waals surface area contributed by atoms with E-state index in [-0.39, 0.29) is 17.9 Å². The molecule has 1 aromatic rings. The van der Waals surface area contributed by atoms with Gasteiger partial charge in [0, 0.05) is 25.7 Å². The number of esters is 1. The van der Waals surface area contributed by atoms with Crippen molar-refractivity contribution in [2.24, 2.45) is 5.92 Å². The molecular weight excluding hydrogens is 228 g/mol. The summed E-state index contributed by atoms with van der Waals surface area (Å²) in [6.45, 7) is 4.58. The molecule has 98 valence electrons. The quantitative estimate of drug-likeness (QED) is 0.761. The number of ether oxygens (including phenoxy) is 1. The minimum absolute atomic E-state index is 0.0753. The number of hydrogen-bond donors (Lipinski definition) is 2. The Labute approximate surface area is 108 Å². The van der Waals surface area contributed by atoms with Crippen molar-refractivity contribution in [2.45, 2.75) is 19.5 Å².